The van der Waals surface area contributed by atoms with Crippen molar-refractivity contribution in [3.05, 3.63) is 12.7 Å². The van der Waals surface area contributed by atoms with Crippen LogP contribution in [-0.4, -0.2) is 99.8 Å². The molecule has 0 aliphatic carbocycles. The molecule has 2 aromatic heterocycles. The van der Waals surface area contributed by atoms with Gasteiger partial charge in [0.1, 0.15) is 42.4 Å². The zero-order chi connectivity index (χ0) is 22.9. The number of aliphatic hydroxyl groups is 5. The number of rotatable bonds is 9. The first-order valence-corrected chi connectivity index (χ1v) is 10.6. The van der Waals surface area contributed by atoms with Gasteiger partial charge in [-0.3, -0.25) is 13.6 Å². The largest absolute Gasteiger partial charge is 0.472 e. The van der Waals surface area contributed by atoms with Crippen LogP contribution in [0.3, 0.4) is 0 Å². The van der Waals surface area contributed by atoms with Gasteiger partial charge in [-0.1, -0.05) is 0 Å². The van der Waals surface area contributed by atoms with Crippen LogP contribution in [0.5, 0.6) is 0 Å². The second-order valence-electron chi connectivity index (χ2n) is 6.94. The minimum Gasteiger partial charge on any atom is -0.394 e. The van der Waals surface area contributed by atoms with Gasteiger partial charge in [-0.25, -0.2) is 19.5 Å². The number of ether oxygens (including phenoxy) is 1. The normalized spacial score (nSPS) is 29.0. The summed E-state index contributed by atoms with van der Waals surface area (Å²) in [5.74, 6) is 0.109. The molecule has 2 aromatic rings. The molecule has 3 rings (SSSR count). The fourth-order valence-corrected chi connectivity index (χ4v) is 3.99. The Balaban J connectivity index is 1.65. The van der Waals surface area contributed by atoms with Gasteiger partial charge in [0.2, 0.25) is 0 Å². The van der Waals surface area contributed by atoms with Gasteiger partial charge in [-0.2, -0.15) is 0 Å². The highest BCUT2D eigenvalue weighted by Crippen LogP contribution is 2.46. The maximum Gasteiger partial charge on any atom is 0.472 e. The number of nitrogens with zero attached hydrogens (tertiary/aromatic N) is 4. The molecule has 3 heterocycles. The third-order valence-electron chi connectivity index (χ3n) is 4.76. The van der Waals surface area contributed by atoms with Crippen LogP contribution in [0.2, 0.25) is 0 Å². The van der Waals surface area contributed by atoms with E-state index >= 15 is 0 Å². The average Bonchev–Trinajstić information content (AvgIpc) is 3.27. The standard InChI is InChI=1S/C15H24N5O10P/c1-6(10(23)7(22)2-21)30-31(26,27)28-3-8-11(24)12(25)15(29-8)20-5-19-9-13(16)17-4-18-14(9)20/h4-8,10-12,15,21-25H,2-3H2,1H3,(H,26,27)(H2,16,17,18)/t6-,7+,8+,10-,11+,12+,15+/m0/s1. The summed E-state index contributed by atoms with van der Waals surface area (Å²) >= 11 is 0. The fourth-order valence-electron chi connectivity index (χ4n) is 3.04. The predicted octanol–water partition coefficient (Wildman–Crippen LogP) is -2.74. The summed E-state index contributed by atoms with van der Waals surface area (Å²) in [4.78, 5) is 21.7. The number of nitrogens with two attached hydrogens (primary N) is 1. The fraction of sp³-hybridized carbons (Fsp3) is 0.667. The smallest absolute Gasteiger partial charge is 0.394 e. The SMILES string of the molecule is C[C@H](OP(=O)(O)OC[C@H]1O[C@@H](n2cnc3c(N)ncnc32)[C@H](O)[C@@H]1O)[C@H](O)[C@H](O)CO. The summed E-state index contributed by atoms with van der Waals surface area (Å²) in [6.45, 7) is -0.252. The highest BCUT2D eigenvalue weighted by atomic mass is 31.2. The van der Waals surface area contributed by atoms with Crippen LogP contribution in [0.4, 0.5) is 5.82 Å². The van der Waals surface area contributed by atoms with E-state index < -0.39 is 63.9 Å². The van der Waals surface area contributed by atoms with Crippen molar-refractivity contribution in [1.82, 2.24) is 19.5 Å². The molecule has 1 fully saturated rings. The van der Waals surface area contributed by atoms with Crippen LogP contribution < -0.4 is 5.73 Å². The summed E-state index contributed by atoms with van der Waals surface area (Å²) in [6.07, 6.45) is -7.47. The van der Waals surface area contributed by atoms with Crippen molar-refractivity contribution in [2.24, 2.45) is 0 Å². The van der Waals surface area contributed by atoms with E-state index in [0.29, 0.717) is 0 Å². The number of aliphatic hydroxyl groups excluding tert-OH is 5. The predicted molar refractivity (Wildman–Crippen MR) is 101 cm³/mol. The average molecular weight is 465 g/mol. The van der Waals surface area contributed by atoms with E-state index in [1.54, 1.807) is 0 Å². The Bertz CT molecular complexity index is 946. The van der Waals surface area contributed by atoms with Gasteiger partial charge >= 0.3 is 7.82 Å². The van der Waals surface area contributed by atoms with Crippen LogP contribution in [0, 0.1) is 0 Å². The van der Waals surface area contributed by atoms with Crippen molar-refractivity contribution in [3.8, 4) is 0 Å². The Kier molecular flexibility index (Phi) is 7.22. The van der Waals surface area contributed by atoms with Crippen molar-refractivity contribution in [3.63, 3.8) is 0 Å². The summed E-state index contributed by atoms with van der Waals surface area (Å²) < 4.78 is 28.6. The number of hydrogen-bond donors (Lipinski definition) is 7. The minimum atomic E-state index is -4.76. The van der Waals surface area contributed by atoms with Crippen LogP contribution in [0.15, 0.2) is 12.7 Å². The molecule has 16 heteroatoms. The molecule has 8 N–H and O–H groups in total. The Morgan fingerprint density at radius 3 is 2.68 bits per heavy atom. The molecule has 1 aliphatic heterocycles. The molecule has 0 radical (unpaired) electrons. The molecule has 0 saturated carbocycles. The van der Waals surface area contributed by atoms with Crippen LogP contribution in [0.1, 0.15) is 13.2 Å². The molecule has 174 valence electrons. The Morgan fingerprint density at radius 2 is 2.00 bits per heavy atom. The molecule has 0 spiro atoms. The minimum absolute atomic E-state index is 0.109. The third kappa shape index (κ3) is 5.01. The lowest BCUT2D eigenvalue weighted by Gasteiger charge is -2.25. The van der Waals surface area contributed by atoms with Gasteiger partial charge in [0, 0.05) is 0 Å². The van der Waals surface area contributed by atoms with Crippen molar-refractivity contribution >= 4 is 24.8 Å². The second kappa shape index (κ2) is 9.38. The van der Waals surface area contributed by atoms with Crippen molar-refractivity contribution in [2.75, 3.05) is 18.9 Å². The number of fused-ring (bicyclic) bond motifs is 1. The highest BCUT2D eigenvalue weighted by molar-refractivity contribution is 7.47. The van der Waals surface area contributed by atoms with Gasteiger partial charge in [0.15, 0.2) is 17.7 Å². The van der Waals surface area contributed by atoms with E-state index in [0.717, 1.165) is 0 Å². The maximum atomic E-state index is 12.1. The van der Waals surface area contributed by atoms with Gasteiger partial charge < -0.3 is 40.9 Å². The van der Waals surface area contributed by atoms with Crippen LogP contribution in [0.25, 0.3) is 11.2 Å². The number of anilines is 1. The Labute approximate surface area is 175 Å². The van der Waals surface area contributed by atoms with Gasteiger partial charge in [0.25, 0.3) is 0 Å². The quantitative estimate of drug-likeness (QED) is 0.186. The van der Waals surface area contributed by atoms with Gasteiger partial charge in [0.05, 0.1) is 25.6 Å². The molecule has 15 nitrogen and oxygen atoms in total. The second-order valence-corrected chi connectivity index (χ2v) is 8.35. The zero-order valence-corrected chi connectivity index (χ0v) is 17.1. The number of aromatic nitrogens is 4. The van der Waals surface area contributed by atoms with E-state index in [4.69, 9.17) is 24.6 Å². The molecule has 8 atom stereocenters. The summed E-state index contributed by atoms with van der Waals surface area (Å²) in [6, 6.07) is 0. The molecule has 0 amide bonds. The van der Waals surface area contributed by atoms with Crippen molar-refractivity contribution < 1.29 is 48.8 Å². The van der Waals surface area contributed by atoms with Crippen molar-refractivity contribution in [2.45, 2.75) is 49.8 Å². The first-order valence-electron chi connectivity index (χ1n) is 9.13. The lowest BCUT2D eigenvalue weighted by Crippen LogP contribution is -2.39. The molecular weight excluding hydrogens is 441 g/mol. The van der Waals surface area contributed by atoms with Crippen LogP contribution in [-0.2, 0) is 18.3 Å². The molecule has 1 aliphatic rings. The molecule has 1 unspecified atom stereocenters. The van der Waals surface area contributed by atoms with Gasteiger partial charge in [-0.15, -0.1) is 0 Å². The molecular formula is C15H24N5O10P. The Hall–Kier alpha value is -1.78. The molecule has 31 heavy (non-hydrogen) atoms. The van der Waals surface area contributed by atoms with E-state index in [-0.39, 0.29) is 17.0 Å². The first kappa shape index (κ1) is 23.9. The number of nitrogen functional groups attached to an aromatic ring is 1. The number of phosphoric acid groups is 1. The molecule has 0 bridgehead atoms. The number of imidazole rings is 1. The maximum absolute atomic E-state index is 12.1. The lowest BCUT2D eigenvalue weighted by atomic mass is 10.1. The third-order valence-corrected chi connectivity index (χ3v) is 5.84. The summed E-state index contributed by atoms with van der Waals surface area (Å²) in [5.41, 5.74) is 6.23. The topological polar surface area (TPSA) is 236 Å². The number of phosphoric ester groups is 1. The van der Waals surface area contributed by atoms with E-state index in [1.165, 1.54) is 24.1 Å². The lowest BCUT2D eigenvalue weighted by molar-refractivity contribution is -0.0762. The monoisotopic (exact) mass is 465 g/mol. The van der Waals surface area contributed by atoms with E-state index in [9.17, 15) is 29.9 Å². The Morgan fingerprint density at radius 1 is 1.29 bits per heavy atom. The van der Waals surface area contributed by atoms with E-state index in [1.807, 2.05) is 0 Å². The molecule has 1 saturated heterocycles. The van der Waals surface area contributed by atoms with Crippen LogP contribution >= 0.6 is 7.82 Å². The highest BCUT2D eigenvalue weighted by Gasteiger charge is 2.45. The molecule has 0 aromatic carbocycles. The van der Waals surface area contributed by atoms with Crippen molar-refractivity contribution in [1.29, 1.82) is 0 Å². The zero-order valence-electron chi connectivity index (χ0n) is 16.2. The first-order chi connectivity index (χ1) is 14.6. The van der Waals surface area contributed by atoms with E-state index in [2.05, 4.69) is 15.0 Å². The summed E-state index contributed by atoms with van der Waals surface area (Å²) in [7, 11) is -4.76. The summed E-state index contributed by atoms with van der Waals surface area (Å²) in [5, 5.41) is 48.5. The number of hydrogen-bond acceptors (Lipinski definition) is 13. The van der Waals surface area contributed by atoms with Gasteiger partial charge in [-0.05, 0) is 6.92 Å².